The molecule has 0 bridgehead atoms. The molecular formula is C22H25N3O3. The third-order valence-electron chi connectivity index (χ3n) is 4.67. The molecule has 28 heavy (non-hydrogen) atoms. The van der Waals surface area contributed by atoms with Crippen molar-refractivity contribution in [3.05, 3.63) is 60.2 Å². The van der Waals surface area contributed by atoms with Gasteiger partial charge >= 0.3 is 0 Å². The fourth-order valence-corrected chi connectivity index (χ4v) is 3.20. The van der Waals surface area contributed by atoms with Crippen LogP contribution in [0, 0.1) is 0 Å². The van der Waals surface area contributed by atoms with Crippen LogP contribution in [-0.2, 0) is 9.59 Å². The fourth-order valence-electron chi connectivity index (χ4n) is 3.20. The summed E-state index contributed by atoms with van der Waals surface area (Å²) in [4.78, 5) is 38.0. The van der Waals surface area contributed by atoms with Crippen LogP contribution in [-0.4, -0.2) is 30.8 Å². The number of carbonyl (C=O) groups is 3. The lowest BCUT2D eigenvalue weighted by Gasteiger charge is -2.27. The lowest BCUT2D eigenvalue weighted by atomic mass is 10.1. The molecule has 0 unspecified atom stereocenters. The largest absolute Gasteiger partial charge is 0.352 e. The maximum atomic E-state index is 12.2. The quantitative estimate of drug-likeness (QED) is 0.724. The van der Waals surface area contributed by atoms with E-state index in [9.17, 15) is 14.4 Å². The lowest BCUT2D eigenvalue weighted by molar-refractivity contribution is -0.119. The van der Waals surface area contributed by atoms with Crippen molar-refractivity contribution in [3.63, 3.8) is 0 Å². The first-order valence-electron chi connectivity index (χ1n) is 9.67. The predicted octanol–water partition coefficient (Wildman–Crippen LogP) is 3.35. The summed E-state index contributed by atoms with van der Waals surface area (Å²) < 4.78 is 0. The molecule has 1 saturated heterocycles. The molecular weight excluding hydrogens is 354 g/mol. The summed E-state index contributed by atoms with van der Waals surface area (Å²) in [5.41, 5.74) is 2.10. The Kier molecular flexibility index (Phi) is 6.78. The zero-order valence-electron chi connectivity index (χ0n) is 15.8. The molecule has 1 fully saturated rings. The number of piperidine rings is 1. The Hall–Kier alpha value is -3.15. The van der Waals surface area contributed by atoms with Gasteiger partial charge in [0.2, 0.25) is 11.8 Å². The molecule has 6 heteroatoms. The molecule has 0 saturated carbocycles. The van der Waals surface area contributed by atoms with Crippen LogP contribution in [0.2, 0.25) is 0 Å². The molecule has 2 aromatic rings. The van der Waals surface area contributed by atoms with Gasteiger partial charge in [-0.25, -0.2) is 0 Å². The second kappa shape index (κ2) is 9.69. The SMILES string of the molecule is O=C(CCCNC(=O)c1ccccc1)Nc1cccc(N2CCCCC2=O)c1. The summed E-state index contributed by atoms with van der Waals surface area (Å²) in [6.45, 7) is 1.15. The molecule has 0 atom stereocenters. The number of hydrogen-bond donors (Lipinski definition) is 2. The van der Waals surface area contributed by atoms with Gasteiger partial charge in [-0.05, 0) is 49.6 Å². The third-order valence-corrected chi connectivity index (χ3v) is 4.67. The molecule has 1 aliphatic rings. The number of nitrogens with one attached hydrogen (secondary N) is 2. The monoisotopic (exact) mass is 379 g/mol. The van der Waals surface area contributed by atoms with Crippen molar-refractivity contribution < 1.29 is 14.4 Å². The number of carbonyl (C=O) groups excluding carboxylic acids is 3. The molecule has 3 amide bonds. The van der Waals surface area contributed by atoms with Gasteiger partial charge in [-0.1, -0.05) is 24.3 Å². The van der Waals surface area contributed by atoms with Crippen molar-refractivity contribution >= 4 is 29.1 Å². The standard InChI is InChI=1S/C22H25N3O3/c26-20(12-7-14-23-22(28)17-8-2-1-3-9-17)24-18-10-6-11-19(16-18)25-15-5-4-13-21(25)27/h1-3,6,8-11,16H,4-5,7,12-15H2,(H,23,28)(H,24,26). The zero-order chi connectivity index (χ0) is 19.8. The van der Waals surface area contributed by atoms with Crippen molar-refractivity contribution in [3.8, 4) is 0 Å². The first-order chi connectivity index (χ1) is 13.6. The highest BCUT2D eigenvalue weighted by Crippen LogP contribution is 2.24. The van der Waals surface area contributed by atoms with Gasteiger partial charge in [0, 0.05) is 42.9 Å². The van der Waals surface area contributed by atoms with E-state index in [-0.39, 0.29) is 17.7 Å². The number of benzene rings is 2. The van der Waals surface area contributed by atoms with Crippen molar-refractivity contribution in [2.75, 3.05) is 23.3 Å². The molecule has 6 nitrogen and oxygen atoms in total. The maximum Gasteiger partial charge on any atom is 0.251 e. The minimum absolute atomic E-state index is 0.115. The number of hydrogen-bond acceptors (Lipinski definition) is 3. The third kappa shape index (κ3) is 5.42. The van der Waals surface area contributed by atoms with Crippen LogP contribution in [0.4, 0.5) is 11.4 Å². The number of amides is 3. The molecule has 3 rings (SSSR count). The van der Waals surface area contributed by atoms with E-state index in [4.69, 9.17) is 0 Å². The second-order valence-corrected chi connectivity index (χ2v) is 6.83. The summed E-state index contributed by atoms with van der Waals surface area (Å²) in [7, 11) is 0. The first kappa shape index (κ1) is 19.6. The highest BCUT2D eigenvalue weighted by molar-refractivity contribution is 5.96. The van der Waals surface area contributed by atoms with E-state index >= 15 is 0 Å². The molecule has 2 aromatic carbocycles. The smallest absolute Gasteiger partial charge is 0.251 e. The molecule has 0 aliphatic carbocycles. The Labute approximate surface area is 164 Å². The van der Waals surface area contributed by atoms with Crippen LogP contribution in [0.15, 0.2) is 54.6 Å². The van der Waals surface area contributed by atoms with Crippen molar-refractivity contribution in [1.29, 1.82) is 0 Å². The average Bonchev–Trinajstić information content (AvgIpc) is 2.72. The van der Waals surface area contributed by atoms with Gasteiger partial charge in [0.15, 0.2) is 0 Å². The predicted molar refractivity (Wildman–Crippen MR) is 109 cm³/mol. The van der Waals surface area contributed by atoms with Crippen LogP contribution < -0.4 is 15.5 Å². The molecule has 1 aliphatic heterocycles. The van der Waals surface area contributed by atoms with E-state index in [2.05, 4.69) is 10.6 Å². The minimum Gasteiger partial charge on any atom is -0.352 e. The topological polar surface area (TPSA) is 78.5 Å². The number of rotatable bonds is 7. The molecule has 1 heterocycles. The summed E-state index contributed by atoms with van der Waals surface area (Å²) in [6, 6.07) is 16.4. The average molecular weight is 379 g/mol. The van der Waals surface area contributed by atoms with E-state index < -0.39 is 0 Å². The van der Waals surface area contributed by atoms with Gasteiger partial charge in [-0.15, -0.1) is 0 Å². The number of anilines is 2. The van der Waals surface area contributed by atoms with Crippen LogP contribution >= 0.6 is 0 Å². The Morgan fingerprint density at radius 2 is 1.82 bits per heavy atom. The fraction of sp³-hybridized carbons (Fsp3) is 0.318. The lowest BCUT2D eigenvalue weighted by Crippen LogP contribution is -2.35. The van der Waals surface area contributed by atoms with Gasteiger partial charge in [-0.3, -0.25) is 14.4 Å². The molecule has 0 aromatic heterocycles. The van der Waals surface area contributed by atoms with Crippen molar-refractivity contribution in [2.24, 2.45) is 0 Å². The van der Waals surface area contributed by atoms with Crippen LogP contribution in [0.1, 0.15) is 42.5 Å². The highest BCUT2D eigenvalue weighted by atomic mass is 16.2. The molecule has 2 N–H and O–H groups in total. The van der Waals surface area contributed by atoms with E-state index in [1.807, 2.05) is 42.5 Å². The first-order valence-corrected chi connectivity index (χ1v) is 9.67. The highest BCUT2D eigenvalue weighted by Gasteiger charge is 2.19. The van der Waals surface area contributed by atoms with Gasteiger partial charge in [-0.2, -0.15) is 0 Å². The second-order valence-electron chi connectivity index (χ2n) is 6.83. The van der Waals surface area contributed by atoms with E-state index in [0.29, 0.717) is 37.1 Å². The van der Waals surface area contributed by atoms with Gasteiger partial charge in [0.25, 0.3) is 5.91 Å². The molecule has 0 radical (unpaired) electrons. The van der Waals surface area contributed by atoms with Gasteiger partial charge in [0.1, 0.15) is 0 Å². The van der Waals surface area contributed by atoms with Crippen LogP contribution in [0.5, 0.6) is 0 Å². The van der Waals surface area contributed by atoms with Gasteiger partial charge < -0.3 is 15.5 Å². The number of nitrogens with zero attached hydrogens (tertiary/aromatic N) is 1. The van der Waals surface area contributed by atoms with Crippen LogP contribution in [0.25, 0.3) is 0 Å². The Balaban J connectivity index is 1.44. The minimum atomic E-state index is -0.139. The van der Waals surface area contributed by atoms with E-state index in [1.165, 1.54) is 0 Å². The summed E-state index contributed by atoms with van der Waals surface area (Å²) in [6.07, 6.45) is 3.37. The zero-order valence-corrected chi connectivity index (χ0v) is 15.8. The summed E-state index contributed by atoms with van der Waals surface area (Å²) in [5.74, 6) is -0.125. The summed E-state index contributed by atoms with van der Waals surface area (Å²) in [5, 5.41) is 5.68. The normalized spacial score (nSPS) is 13.9. The maximum absolute atomic E-state index is 12.2. The van der Waals surface area contributed by atoms with E-state index in [1.54, 1.807) is 17.0 Å². The van der Waals surface area contributed by atoms with Crippen LogP contribution in [0.3, 0.4) is 0 Å². The molecule has 0 spiro atoms. The van der Waals surface area contributed by atoms with E-state index in [0.717, 1.165) is 25.1 Å². The van der Waals surface area contributed by atoms with Gasteiger partial charge in [0.05, 0.1) is 0 Å². The molecule has 146 valence electrons. The van der Waals surface area contributed by atoms with Crippen molar-refractivity contribution in [2.45, 2.75) is 32.1 Å². The Morgan fingerprint density at radius 1 is 1.00 bits per heavy atom. The Bertz CT molecular complexity index is 836. The Morgan fingerprint density at radius 3 is 2.61 bits per heavy atom. The van der Waals surface area contributed by atoms with Crippen molar-refractivity contribution in [1.82, 2.24) is 5.32 Å². The summed E-state index contributed by atoms with van der Waals surface area (Å²) >= 11 is 0.